The second kappa shape index (κ2) is 6.28. The molecule has 1 fully saturated rings. The monoisotopic (exact) mass is 306 g/mol. The summed E-state index contributed by atoms with van der Waals surface area (Å²) in [4.78, 5) is 14.1. The number of hydrogen-bond donors (Lipinski definition) is 0. The maximum absolute atomic E-state index is 12.4. The number of amides is 1. The number of carbonyl (C=O) groups excluding carboxylic acids is 1. The van der Waals surface area contributed by atoms with E-state index in [0.717, 1.165) is 12.0 Å². The highest BCUT2D eigenvalue weighted by Crippen LogP contribution is 2.28. The van der Waals surface area contributed by atoms with Crippen molar-refractivity contribution >= 4 is 17.5 Å². The molecule has 0 saturated carbocycles. The molecule has 0 aliphatic carbocycles. The number of nitrogens with zero attached hydrogens (tertiary/aromatic N) is 2. The normalized spacial score (nSPS) is 15.8. The first kappa shape index (κ1) is 14.1. The van der Waals surface area contributed by atoms with Crippen LogP contribution in [0.1, 0.15) is 16.9 Å². The molecule has 21 heavy (non-hydrogen) atoms. The van der Waals surface area contributed by atoms with Crippen molar-refractivity contribution in [3.63, 3.8) is 0 Å². The Morgan fingerprint density at radius 2 is 2.10 bits per heavy atom. The van der Waals surface area contributed by atoms with Gasteiger partial charge in [-0.2, -0.15) is 0 Å². The predicted molar refractivity (Wildman–Crippen MR) is 78.3 cm³/mol. The van der Waals surface area contributed by atoms with Gasteiger partial charge in [0.2, 0.25) is 0 Å². The Labute approximate surface area is 127 Å². The molecule has 2 heterocycles. The van der Waals surface area contributed by atoms with Crippen molar-refractivity contribution in [3.8, 4) is 11.3 Å². The Kier molecular flexibility index (Phi) is 4.22. The van der Waals surface area contributed by atoms with E-state index in [1.165, 1.54) is 0 Å². The second-order valence-corrected chi connectivity index (χ2v) is 5.22. The molecule has 110 valence electrons. The van der Waals surface area contributed by atoms with Crippen LogP contribution in [0.2, 0.25) is 5.02 Å². The molecule has 6 heteroatoms. The number of aromatic nitrogens is 1. The smallest absolute Gasteiger partial charge is 0.276 e. The predicted octanol–water partition coefficient (Wildman–Crippen LogP) is 2.86. The van der Waals surface area contributed by atoms with Crippen LogP contribution in [0.4, 0.5) is 0 Å². The van der Waals surface area contributed by atoms with E-state index >= 15 is 0 Å². The highest BCUT2D eigenvalue weighted by atomic mass is 35.5. The van der Waals surface area contributed by atoms with Crippen LogP contribution in [-0.2, 0) is 4.74 Å². The largest absolute Gasteiger partial charge is 0.380 e. The van der Waals surface area contributed by atoms with E-state index in [4.69, 9.17) is 20.9 Å². The topological polar surface area (TPSA) is 55.6 Å². The molecule has 0 unspecified atom stereocenters. The molecule has 5 nitrogen and oxygen atoms in total. The summed E-state index contributed by atoms with van der Waals surface area (Å²) in [5, 5.41) is 4.44. The molecule has 0 radical (unpaired) electrons. The fraction of sp³-hybridized carbons (Fsp3) is 0.333. The molecule has 1 aromatic heterocycles. The number of benzene rings is 1. The molecular formula is C15H15ClN2O3. The molecule has 1 aliphatic rings. The summed E-state index contributed by atoms with van der Waals surface area (Å²) >= 11 is 6.12. The third-order valence-electron chi connectivity index (χ3n) is 3.38. The van der Waals surface area contributed by atoms with Crippen molar-refractivity contribution in [3.05, 3.63) is 41.0 Å². The lowest BCUT2D eigenvalue weighted by Gasteiger charge is -2.17. The number of rotatable bonds is 2. The van der Waals surface area contributed by atoms with Crippen LogP contribution in [0.15, 0.2) is 34.9 Å². The van der Waals surface area contributed by atoms with Crippen LogP contribution >= 0.6 is 11.6 Å². The third kappa shape index (κ3) is 3.09. The van der Waals surface area contributed by atoms with E-state index in [-0.39, 0.29) is 5.91 Å². The minimum atomic E-state index is -0.137. The maximum Gasteiger partial charge on any atom is 0.276 e. The van der Waals surface area contributed by atoms with Gasteiger partial charge in [0.25, 0.3) is 5.91 Å². The number of halogens is 1. The second-order valence-electron chi connectivity index (χ2n) is 4.81. The lowest BCUT2D eigenvalue weighted by Crippen LogP contribution is -2.33. The van der Waals surface area contributed by atoms with Gasteiger partial charge >= 0.3 is 0 Å². The summed E-state index contributed by atoms with van der Waals surface area (Å²) in [6, 6.07) is 8.93. The molecule has 3 rings (SSSR count). The average Bonchev–Trinajstić information content (AvgIpc) is 2.82. The summed E-state index contributed by atoms with van der Waals surface area (Å²) in [6.07, 6.45) is 0.834. The fourth-order valence-electron chi connectivity index (χ4n) is 2.28. The van der Waals surface area contributed by atoms with Crippen LogP contribution in [0, 0.1) is 0 Å². The molecular weight excluding hydrogens is 292 g/mol. The van der Waals surface area contributed by atoms with Crippen LogP contribution in [-0.4, -0.2) is 42.3 Å². The number of hydrogen-bond acceptors (Lipinski definition) is 4. The molecule has 0 N–H and O–H groups in total. The highest BCUT2D eigenvalue weighted by molar-refractivity contribution is 6.33. The van der Waals surface area contributed by atoms with Crippen molar-refractivity contribution in [1.29, 1.82) is 0 Å². The Balaban J connectivity index is 1.81. The van der Waals surface area contributed by atoms with Gasteiger partial charge in [0.05, 0.1) is 11.6 Å². The van der Waals surface area contributed by atoms with Gasteiger partial charge in [0.15, 0.2) is 11.5 Å². The molecule has 0 bridgehead atoms. The fourth-order valence-corrected chi connectivity index (χ4v) is 2.50. The first-order valence-corrected chi connectivity index (χ1v) is 7.22. The maximum atomic E-state index is 12.4. The third-order valence-corrected chi connectivity index (χ3v) is 3.71. The molecule has 1 aliphatic heterocycles. The first-order valence-electron chi connectivity index (χ1n) is 6.84. The van der Waals surface area contributed by atoms with Crippen molar-refractivity contribution in [2.45, 2.75) is 6.42 Å². The van der Waals surface area contributed by atoms with E-state index < -0.39 is 0 Å². The highest BCUT2D eigenvalue weighted by Gasteiger charge is 2.21. The lowest BCUT2D eigenvalue weighted by atomic mass is 10.1. The summed E-state index contributed by atoms with van der Waals surface area (Å²) in [6.45, 7) is 2.49. The zero-order valence-corrected chi connectivity index (χ0v) is 12.2. The first-order chi connectivity index (χ1) is 10.3. The van der Waals surface area contributed by atoms with E-state index in [1.807, 2.05) is 18.2 Å². The van der Waals surface area contributed by atoms with Gasteiger partial charge in [-0.05, 0) is 18.6 Å². The minimum Gasteiger partial charge on any atom is -0.380 e. The average molecular weight is 307 g/mol. The Hall–Kier alpha value is -1.85. The van der Waals surface area contributed by atoms with Gasteiger partial charge in [-0.3, -0.25) is 4.79 Å². The van der Waals surface area contributed by atoms with Gasteiger partial charge in [-0.15, -0.1) is 0 Å². The number of carbonyl (C=O) groups is 1. The van der Waals surface area contributed by atoms with E-state index in [9.17, 15) is 4.79 Å². The molecule has 1 saturated heterocycles. The van der Waals surface area contributed by atoms with Gasteiger partial charge in [-0.1, -0.05) is 28.9 Å². The van der Waals surface area contributed by atoms with Crippen LogP contribution in [0.3, 0.4) is 0 Å². The Bertz CT molecular complexity index is 633. The SMILES string of the molecule is O=C(c1cc(-c2ccccc2Cl)on1)N1CCCOCC1. The van der Waals surface area contributed by atoms with Crippen LogP contribution in [0.25, 0.3) is 11.3 Å². The van der Waals surface area contributed by atoms with Crippen molar-refractivity contribution in [1.82, 2.24) is 10.1 Å². The summed E-state index contributed by atoms with van der Waals surface area (Å²) < 4.78 is 10.6. The Morgan fingerprint density at radius 1 is 1.24 bits per heavy atom. The van der Waals surface area contributed by atoms with Gasteiger partial charge in [0, 0.05) is 31.3 Å². The van der Waals surface area contributed by atoms with E-state index in [1.54, 1.807) is 17.0 Å². The van der Waals surface area contributed by atoms with Crippen molar-refractivity contribution in [2.75, 3.05) is 26.3 Å². The summed E-state index contributed by atoms with van der Waals surface area (Å²) in [5.41, 5.74) is 1.02. The summed E-state index contributed by atoms with van der Waals surface area (Å²) in [7, 11) is 0. The van der Waals surface area contributed by atoms with Crippen molar-refractivity contribution in [2.24, 2.45) is 0 Å². The quantitative estimate of drug-likeness (QED) is 0.856. The molecule has 2 aromatic rings. The summed E-state index contributed by atoms with van der Waals surface area (Å²) in [5.74, 6) is 0.359. The molecule has 1 amide bonds. The van der Waals surface area contributed by atoms with E-state index in [0.29, 0.717) is 42.8 Å². The van der Waals surface area contributed by atoms with Gasteiger partial charge < -0.3 is 14.2 Å². The van der Waals surface area contributed by atoms with Crippen molar-refractivity contribution < 1.29 is 14.1 Å². The zero-order valence-electron chi connectivity index (χ0n) is 11.4. The van der Waals surface area contributed by atoms with Crippen LogP contribution in [0.5, 0.6) is 0 Å². The van der Waals surface area contributed by atoms with Gasteiger partial charge in [0.1, 0.15) is 0 Å². The zero-order chi connectivity index (χ0) is 14.7. The molecule has 1 aromatic carbocycles. The standard InChI is InChI=1S/C15H15ClN2O3/c16-12-5-2-1-4-11(12)14-10-13(17-21-14)15(19)18-6-3-8-20-9-7-18/h1-2,4-5,10H,3,6-9H2. The Morgan fingerprint density at radius 3 is 2.95 bits per heavy atom. The van der Waals surface area contributed by atoms with E-state index in [2.05, 4.69) is 5.16 Å². The van der Waals surface area contributed by atoms with Gasteiger partial charge in [-0.25, -0.2) is 0 Å². The molecule has 0 atom stereocenters. The molecule has 0 spiro atoms. The van der Waals surface area contributed by atoms with Crippen LogP contribution < -0.4 is 0 Å². The number of ether oxygens (including phenoxy) is 1. The lowest BCUT2D eigenvalue weighted by molar-refractivity contribution is 0.0731. The minimum absolute atomic E-state index is 0.137.